The predicted octanol–water partition coefficient (Wildman–Crippen LogP) is 2.49. The van der Waals surface area contributed by atoms with Gasteiger partial charge < -0.3 is 10.1 Å². The summed E-state index contributed by atoms with van der Waals surface area (Å²) in [6.45, 7) is 3.25. The quantitative estimate of drug-likeness (QED) is 0.555. The molecule has 138 valence electrons. The SMILES string of the molecule is Cc1cccc(C(=O)Nc2nnc(SCC(=O)NC[C@@H]3CCCO3)s2)c1. The predicted molar refractivity (Wildman–Crippen MR) is 102 cm³/mol. The molecule has 0 saturated carbocycles. The van der Waals surface area contributed by atoms with Crippen LogP contribution < -0.4 is 10.6 Å². The molecule has 1 aliphatic heterocycles. The van der Waals surface area contributed by atoms with Gasteiger partial charge in [0.1, 0.15) is 0 Å². The molecule has 1 saturated heterocycles. The van der Waals surface area contributed by atoms with Crippen LogP contribution in [0.2, 0.25) is 0 Å². The van der Waals surface area contributed by atoms with Crippen LogP contribution in [0.15, 0.2) is 28.6 Å². The number of amides is 2. The molecule has 3 rings (SSSR count). The zero-order valence-electron chi connectivity index (χ0n) is 14.4. The molecule has 1 fully saturated rings. The van der Waals surface area contributed by atoms with Crippen molar-refractivity contribution in [3.05, 3.63) is 35.4 Å². The fourth-order valence-corrected chi connectivity index (χ4v) is 4.06. The fourth-order valence-electron chi connectivity index (χ4n) is 2.49. The number of thioether (sulfide) groups is 1. The van der Waals surface area contributed by atoms with Gasteiger partial charge >= 0.3 is 0 Å². The number of hydrogen-bond donors (Lipinski definition) is 2. The maximum absolute atomic E-state index is 12.2. The van der Waals surface area contributed by atoms with E-state index in [1.807, 2.05) is 25.1 Å². The highest BCUT2D eigenvalue weighted by atomic mass is 32.2. The molecule has 0 bridgehead atoms. The number of nitrogens with zero attached hydrogens (tertiary/aromatic N) is 2. The smallest absolute Gasteiger partial charge is 0.257 e. The average Bonchev–Trinajstić information content (AvgIpc) is 3.30. The van der Waals surface area contributed by atoms with Crippen molar-refractivity contribution in [2.75, 3.05) is 24.2 Å². The average molecular weight is 393 g/mol. The normalized spacial score (nSPS) is 16.4. The summed E-state index contributed by atoms with van der Waals surface area (Å²) in [5.74, 6) is -0.0329. The van der Waals surface area contributed by atoms with E-state index >= 15 is 0 Å². The second-order valence-electron chi connectivity index (χ2n) is 5.92. The number of nitrogens with one attached hydrogen (secondary N) is 2. The van der Waals surface area contributed by atoms with E-state index in [-0.39, 0.29) is 23.7 Å². The maximum atomic E-state index is 12.2. The van der Waals surface area contributed by atoms with Gasteiger partial charge in [0.15, 0.2) is 4.34 Å². The maximum Gasteiger partial charge on any atom is 0.257 e. The Morgan fingerprint density at radius 3 is 3.04 bits per heavy atom. The second-order valence-corrected chi connectivity index (χ2v) is 8.12. The zero-order chi connectivity index (χ0) is 18.4. The molecule has 2 heterocycles. The van der Waals surface area contributed by atoms with E-state index in [1.165, 1.54) is 23.1 Å². The van der Waals surface area contributed by atoms with Gasteiger partial charge in [0.2, 0.25) is 11.0 Å². The van der Waals surface area contributed by atoms with E-state index in [0.717, 1.165) is 25.0 Å². The van der Waals surface area contributed by atoms with E-state index in [4.69, 9.17) is 4.74 Å². The molecular formula is C17H20N4O3S2. The Morgan fingerprint density at radius 2 is 2.27 bits per heavy atom. The Kier molecular flexibility index (Phi) is 6.59. The van der Waals surface area contributed by atoms with Gasteiger partial charge in [-0.15, -0.1) is 10.2 Å². The van der Waals surface area contributed by atoms with Crippen molar-refractivity contribution in [1.29, 1.82) is 0 Å². The molecule has 1 aliphatic rings. The number of rotatable bonds is 7. The molecule has 7 nitrogen and oxygen atoms in total. The summed E-state index contributed by atoms with van der Waals surface area (Å²) < 4.78 is 6.10. The van der Waals surface area contributed by atoms with E-state index in [0.29, 0.717) is 21.6 Å². The Labute approximate surface area is 159 Å². The highest BCUT2D eigenvalue weighted by Crippen LogP contribution is 2.25. The molecule has 0 spiro atoms. The van der Waals surface area contributed by atoms with Gasteiger partial charge in [-0.3, -0.25) is 14.9 Å². The Balaban J connectivity index is 1.44. The lowest BCUT2D eigenvalue weighted by molar-refractivity contribution is -0.119. The third-order valence-electron chi connectivity index (χ3n) is 3.78. The second kappa shape index (κ2) is 9.11. The fraction of sp³-hybridized carbons (Fsp3) is 0.412. The lowest BCUT2D eigenvalue weighted by atomic mass is 10.1. The van der Waals surface area contributed by atoms with Gasteiger partial charge in [-0.05, 0) is 31.9 Å². The van der Waals surface area contributed by atoms with Gasteiger partial charge in [-0.25, -0.2) is 0 Å². The van der Waals surface area contributed by atoms with Crippen molar-refractivity contribution < 1.29 is 14.3 Å². The van der Waals surface area contributed by atoms with Crippen LogP contribution >= 0.6 is 23.1 Å². The minimum Gasteiger partial charge on any atom is -0.376 e. The molecule has 2 amide bonds. The van der Waals surface area contributed by atoms with Crippen molar-refractivity contribution in [2.24, 2.45) is 0 Å². The van der Waals surface area contributed by atoms with E-state index in [9.17, 15) is 9.59 Å². The molecular weight excluding hydrogens is 372 g/mol. The highest BCUT2D eigenvalue weighted by Gasteiger charge is 2.16. The molecule has 1 aromatic heterocycles. The summed E-state index contributed by atoms with van der Waals surface area (Å²) >= 11 is 2.55. The number of hydrogen-bond acceptors (Lipinski definition) is 7. The van der Waals surface area contributed by atoms with Crippen LogP contribution in [0.4, 0.5) is 5.13 Å². The van der Waals surface area contributed by atoms with Crippen LogP contribution in [0.3, 0.4) is 0 Å². The van der Waals surface area contributed by atoms with Crippen molar-refractivity contribution in [1.82, 2.24) is 15.5 Å². The van der Waals surface area contributed by atoms with Gasteiger partial charge in [-0.2, -0.15) is 0 Å². The summed E-state index contributed by atoms with van der Waals surface area (Å²) in [5.41, 5.74) is 1.59. The first kappa shape index (κ1) is 18.8. The molecule has 0 radical (unpaired) electrons. The Hall–Kier alpha value is -1.97. The largest absolute Gasteiger partial charge is 0.376 e. The van der Waals surface area contributed by atoms with Crippen molar-refractivity contribution >= 4 is 40.0 Å². The first-order valence-electron chi connectivity index (χ1n) is 8.33. The number of aromatic nitrogens is 2. The van der Waals surface area contributed by atoms with E-state index < -0.39 is 0 Å². The number of ether oxygens (including phenoxy) is 1. The van der Waals surface area contributed by atoms with Crippen LogP contribution in [0, 0.1) is 6.92 Å². The van der Waals surface area contributed by atoms with Crippen molar-refractivity contribution in [2.45, 2.75) is 30.2 Å². The van der Waals surface area contributed by atoms with Crippen LogP contribution in [0.25, 0.3) is 0 Å². The Bertz CT molecular complexity index is 775. The van der Waals surface area contributed by atoms with Gasteiger partial charge in [0, 0.05) is 18.7 Å². The van der Waals surface area contributed by atoms with Gasteiger partial charge in [0.05, 0.1) is 11.9 Å². The topological polar surface area (TPSA) is 93.2 Å². The molecule has 2 aromatic rings. The van der Waals surface area contributed by atoms with Gasteiger partial charge in [0.25, 0.3) is 5.91 Å². The summed E-state index contributed by atoms with van der Waals surface area (Å²) in [6.07, 6.45) is 2.18. The molecule has 0 unspecified atom stereocenters. The number of carbonyl (C=O) groups excluding carboxylic acids is 2. The summed E-state index contributed by atoms with van der Waals surface area (Å²) in [5, 5.41) is 14.0. The summed E-state index contributed by atoms with van der Waals surface area (Å²) in [6, 6.07) is 7.32. The Morgan fingerprint density at radius 1 is 1.38 bits per heavy atom. The third kappa shape index (κ3) is 5.52. The van der Waals surface area contributed by atoms with Crippen LogP contribution in [-0.4, -0.2) is 47.0 Å². The number of aryl methyl sites for hydroxylation is 1. The number of anilines is 1. The van der Waals surface area contributed by atoms with E-state index in [1.54, 1.807) is 6.07 Å². The van der Waals surface area contributed by atoms with Crippen LogP contribution in [0.1, 0.15) is 28.8 Å². The van der Waals surface area contributed by atoms with Gasteiger partial charge in [-0.1, -0.05) is 40.8 Å². The summed E-state index contributed by atoms with van der Waals surface area (Å²) in [7, 11) is 0. The van der Waals surface area contributed by atoms with E-state index in [2.05, 4.69) is 20.8 Å². The number of benzene rings is 1. The lowest BCUT2D eigenvalue weighted by Crippen LogP contribution is -2.32. The monoisotopic (exact) mass is 392 g/mol. The first-order valence-corrected chi connectivity index (χ1v) is 10.1. The minimum atomic E-state index is -0.226. The molecule has 2 N–H and O–H groups in total. The third-order valence-corrected chi connectivity index (χ3v) is 5.76. The number of carbonyl (C=O) groups is 2. The first-order chi connectivity index (χ1) is 12.6. The standard InChI is InChI=1S/C17H20N4O3S2/c1-11-4-2-5-12(8-11)15(23)19-16-20-21-17(26-16)25-10-14(22)18-9-13-6-3-7-24-13/h2,4-5,8,13H,3,6-7,9-10H2,1H3,(H,18,22)(H,19,20,23)/t13-/m0/s1. The molecule has 1 aromatic carbocycles. The highest BCUT2D eigenvalue weighted by molar-refractivity contribution is 8.01. The zero-order valence-corrected chi connectivity index (χ0v) is 16.0. The lowest BCUT2D eigenvalue weighted by Gasteiger charge is -2.09. The minimum absolute atomic E-state index is 0.0638. The molecule has 9 heteroatoms. The molecule has 1 atom stereocenters. The van der Waals surface area contributed by atoms with Crippen LogP contribution in [-0.2, 0) is 9.53 Å². The van der Waals surface area contributed by atoms with Crippen LogP contribution in [0.5, 0.6) is 0 Å². The molecule has 26 heavy (non-hydrogen) atoms. The van der Waals surface area contributed by atoms with Crippen molar-refractivity contribution in [3.8, 4) is 0 Å². The van der Waals surface area contributed by atoms with Crippen molar-refractivity contribution in [3.63, 3.8) is 0 Å². The molecule has 0 aliphatic carbocycles. The summed E-state index contributed by atoms with van der Waals surface area (Å²) in [4.78, 5) is 24.1.